The summed E-state index contributed by atoms with van der Waals surface area (Å²) in [5.74, 6) is -1.68. The molecule has 4 heterocycles. The Bertz CT molecular complexity index is 2390. The molecule has 0 radical (unpaired) electrons. The van der Waals surface area contributed by atoms with Gasteiger partial charge in [-0.25, -0.2) is 9.97 Å². The summed E-state index contributed by atoms with van der Waals surface area (Å²) in [6.07, 6.45) is 5.78. The van der Waals surface area contributed by atoms with Crippen molar-refractivity contribution in [2.75, 3.05) is 65.5 Å². The minimum atomic E-state index is -4.56. The van der Waals surface area contributed by atoms with Crippen molar-refractivity contribution in [3.63, 3.8) is 0 Å². The maximum Gasteiger partial charge on any atom is 0.416 e. The fourth-order valence-corrected chi connectivity index (χ4v) is 10.6. The topological polar surface area (TPSA) is 229 Å². The van der Waals surface area contributed by atoms with E-state index in [1.165, 1.54) is 12.4 Å². The van der Waals surface area contributed by atoms with Gasteiger partial charge in [0.2, 0.25) is 35.4 Å². The van der Waals surface area contributed by atoms with Crippen molar-refractivity contribution in [3.8, 4) is 0 Å². The maximum atomic E-state index is 14.1. The molecule has 3 aromatic rings. The van der Waals surface area contributed by atoms with Crippen LogP contribution in [-0.4, -0.2) is 162 Å². The van der Waals surface area contributed by atoms with Gasteiger partial charge in [0.1, 0.15) is 24.8 Å². The first-order valence-electron chi connectivity index (χ1n) is 25.5. The van der Waals surface area contributed by atoms with Gasteiger partial charge in [-0.1, -0.05) is 6.07 Å². The van der Waals surface area contributed by atoms with Gasteiger partial charge in [-0.15, -0.1) is 0 Å². The fraction of sp³-hybridized carbons (Fsp3) is 0.627. The number of hydrogen-bond acceptors (Lipinski definition) is 13. The van der Waals surface area contributed by atoms with Gasteiger partial charge in [0.15, 0.2) is 0 Å². The second-order valence-electron chi connectivity index (χ2n) is 19.9. The van der Waals surface area contributed by atoms with Crippen molar-refractivity contribution in [2.45, 2.75) is 133 Å². The third kappa shape index (κ3) is 14.4. The van der Waals surface area contributed by atoms with Gasteiger partial charge in [0, 0.05) is 88.0 Å². The quantitative estimate of drug-likeness (QED) is 0.0906. The molecule has 7 rings (SSSR count). The molecule has 73 heavy (non-hydrogen) atoms. The summed E-state index contributed by atoms with van der Waals surface area (Å²) < 4.78 is 51.8. The summed E-state index contributed by atoms with van der Waals surface area (Å²) in [4.78, 5) is 96.5. The van der Waals surface area contributed by atoms with Crippen LogP contribution in [0, 0.1) is 11.8 Å². The Labute approximate surface area is 423 Å². The number of amides is 6. The number of carbonyl (C=O) groups excluding carboxylic acids is 6. The lowest BCUT2D eigenvalue weighted by Gasteiger charge is -2.45. The van der Waals surface area contributed by atoms with Crippen molar-refractivity contribution < 1.29 is 51.4 Å². The summed E-state index contributed by atoms with van der Waals surface area (Å²) in [6, 6.07) is 5.60. The SMILES string of the molecule is CC(C)N(C)[C@@H]1CC[C@H](N2CC[C@H](Nc3ncnc4ccc(C(F)(F)F)cc34)C2=O)[C@H](NC(=O)C2CCC(NC(=O)CCOCCNC(=O)COCCCNC(=O)[C@H]3CC(=O)N(C)[C@@H]3c3cccnc3)CC2)C1. The van der Waals surface area contributed by atoms with Crippen LogP contribution in [0.25, 0.3) is 10.9 Å². The average molecular weight is 1020 g/mol. The zero-order valence-electron chi connectivity index (χ0n) is 42.1. The number of halogens is 3. The number of fused-ring (bicyclic) bond motifs is 1. The number of hydrogen-bond donors (Lipinski definition) is 5. The standard InChI is InChI=1S/C51H70F3N11O8/c1-31(2)63(3)36-13-15-42(65-21-16-40(50(65)71)61-47-37-25-34(51(52,53)54)10-14-39(37)58-30-59-47)41(26-36)62-48(69)32-8-11-35(12-9-32)60-43(66)17-23-72-24-20-56-44(67)29-73-22-6-19-57-49(70)38-27-45(68)64(4)46(38)33-7-5-18-55-28-33/h5,7,10,14,18,25,28,30-32,35-36,38,40-42,46H,6,8-9,11-13,15-17,19-24,26-27,29H2,1-4H3,(H,56,67)(H,57,70)(H,60,66)(H,62,69)(H,58,59,61)/t32?,35?,36-,38+,40+,41-,42+,46-/m1/s1. The summed E-state index contributed by atoms with van der Waals surface area (Å²) in [7, 11) is 3.76. The number of aromatic nitrogens is 3. The molecule has 2 aromatic heterocycles. The molecule has 19 nitrogen and oxygen atoms in total. The lowest BCUT2D eigenvalue weighted by atomic mass is 9.82. The first-order valence-corrected chi connectivity index (χ1v) is 25.5. The molecule has 4 fully saturated rings. The summed E-state index contributed by atoms with van der Waals surface area (Å²) in [5, 5.41) is 15.3. The number of ether oxygens (including phenoxy) is 2. The van der Waals surface area contributed by atoms with E-state index in [4.69, 9.17) is 9.47 Å². The number of pyridine rings is 1. The minimum Gasteiger partial charge on any atom is -0.379 e. The third-order valence-electron chi connectivity index (χ3n) is 14.9. The van der Waals surface area contributed by atoms with E-state index in [9.17, 15) is 41.9 Å². The molecule has 2 saturated heterocycles. The molecule has 2 saturated carbocycles. The Morgan fingerprint density at radius 2 is 1.68 bits per heavy atom. The highest BCUT2D eigenvalue weighted by atomic mass is 19.4. The maximum absolute atomic E-state index is 14.1. The van der Waals surface area contributed by atoms with Crippen molar-refractivity contribution >= 4 is 52.2 Å². The Kier molecular flexibility index (Phi) is 19.0. The molecule has 5 N–H and O–H groups in total. The highest BCUT2D eigenvalue weighted by Gasteiger charge is 2.45. The number of nitrogens with one attached hydrogen (secondary N) is 5. The molecule has 0 bridgehead atoms. The second kappa shape index (κ2) is 25.3. The predicted molar refractivity (Wildman–Crippen MR) is 263 cm³/mol. The highest BCUT2D eigenvalue weighted by Crippen LogP contribution is 2.38. The minimum absolute atomic E-state index is 0.0707. The molecular weight excluding hydrogens is 952 g/mol. The number of carbonyl (C=O) groups is 6. The third-order valence-corrected chi connectivity index (χ3v) is 14.9. The van der Waals surface area contributed by atoms with Crippen LogP contribution in [0.3, 0.4) is 0 Å². The lowest BCUT2D eigenvalue weighted by Crippen LogP contribution is -2.59. The smallest absolute Gasteiger partial charge is 0.379 e. The monoisotopic (exact) mass is 1020 g/mol. The number of benzene rings is 1. The van der Waals surface area contributed by atoms with Crippen molar-refractivity contribution in [3.05, 3.63) is 60.2 Å². The zero-order valence-corrected chi connectivity index (χ0v) is 42.1. The molecule has 6 atom stereocenters. The van der Waals surface area contributed by atoms with Crippen LogP contribution < -0.4 is 26.6 Å². The van der Waals surface area contributed by atoms with Crippen LogP contribution in [0.2, 0.25) is 0 Å². The largest absolute Gasteiger partial charge is 0.416 e. The van der Waals surface area contributed by atoms with E-state index in [1.807, 2.05) is 11.0 Å². The van der Waals surface area contributed by atoms with E-state index in [1.54, 1.807) is 30.4 Å². The first-order chi connectivity index (χ1) is 35.0. The summed E-state index contributed by atoms with van der Waals surface area (Å²) in [5.41, 5.74) is 0.295. The van der Waals surface area contributed by atoms with E-state index >= 15 is 0 Å². The Hall–Kier alpha value is -6.00. The summed E-state index contributed by atoms with van der Waals surface area (Å²) >= 11 is 0. The molecule has 398 valence electrons. The van der Waals surface area contributed by atoms with Gasteiger partial charge in [0.05, 0.1) is 48.3 Å². The van der Waals surface area contributed by atoms with E-state index in [0.29, 0.717) is 70.0 Å². The highest BCUT2D eigenvalue weighted by molar-refractivity contribution is 5.93. The normalized spacial score (nSPS) is 24.6. The Morgan fingerprint density at radius 1 is 0.890 bits per heavy atom. The molecule has 0 spiro atoms. The van der Waals surface area contributed by atoms with E-state index in [-0.39, 0.29) is 135 Å². The van der Waals surface area contributed by atoms with E-state index in [0.717, 1.165) is 24.1 Å². The van der Waals surface area contributed by atoms with Gasteiger partial charge in [-0.3, -0.25) is 33.8 Å². The number of rotatable bonds is 22. The second-order valence-corrected chi connectivity index (χ2v) is 19.9. The molecule has 6 amide bonds. The van der Waals surface area contributed by atoms with E-state index < -0.39 is 23.7 Å². The number of nitrogens with zero attached hydrogens (tertiary/aromatic N) is 6. The van der Waals surface area contributed by atoms with Gasteiger partial charge >= 0.3 is 6.18 Å². The molecule has 4 aliphatic rings. The first kappa shape index (κ1) is 54.8. The van der Waals surface area contributed by atoms with Gasteiger partial charge < -0.3 is 50.8 Å². The van der Waals surface area contributed by atoms with Gasteiger partial charge in [-0.05, 0) is 109 Å². The predicted octanol–water partition coefficient (Wildman–Crippen LogP) is 3.74. The molecule has 2 aliphatic carbocycles. The number of likely N-dealkylation sites (tertiary alicyclic amines) is 2. The van der Waals surface area contributed by atoms with Crippen LogP contribution in [-0.2, 0) is 44.4 Å². The van der Waals surface area contributed by atoms with Gasteiger partial charge in [-0.2, -0.15) is 13.2 Å². The van der Waals surface area contributed by atoms with Crippen LogP contribution >= 0.6 is 0 Å². The average Bonchev–Trinajstić information content (AvgIpc) is 3.89. The van der Waals surface area contributed by atoms with Gasteiger partial charge in [0.25, 0.3) is 0 Å². The number of alkyl halides is 3. The van der Waals surface area contributed by atoms with Crippen molar-refractivity contribution in [2.24, 2.45) is 11.8 Å². The molecule has 2 aliphatic heterocycles. The van der Waals surface area contributed by atoms with Crippen LogP contribution in [0.15, 0.2) is 49.1 Å². The van der Waals surface area contributed by atoms with Crippen LogP contribution in [0.4, 0.5) is 19.0 Å². The molecular formula is C51H70F3N11O8. The van der Waals surface area contributed by atoms with E-state index in [2.05, 4.69) is 67.3 Å². The Balaban J connectivity index is 0.771. The Morgan fingerprint density at radius 3 is 2.42 bits per heavy atom. The fourth-order valence-electron chi connectivity index (χ4n) is 10.6. The van der Waals surface area contributed by atoms with Crippen LogP contribution in [0.1, 0.15) is 102 Å². The number of anilines is 1. The lowest BCUT2D eigenvalue weighted by molar-refractivity contribution is -0.137. The van der Waals surface area contributed by atoms with Crippen LogP contribution in [0.5, 0.6) is 0 Å². The molecule has 1 aromatic carbocycles. The van der Waals surface area contributed by atoms with Crippen molar-refractivity contribution in [1.29, 1.82) is 0 Å². The molecule has 22 heteroatoms. The molecule has 0 unspecified atom stereocenters. The zero-order chi connectivity index (χ0) is 52.2. The summed E-state index contributed by atoms with van der Waals surface area (Å²) in [6.45, 7) is 5.71. The van der Waals surface area contributed by atoms with Crippen molar-refractivity contribution in [1.82, 2.24) is 50.9 Å².